The molecule has 0 bridgehead atoms. The van der Waals surface area contributed by atoms with E-state index in [9.17, 15) is 19.8 Å². The standard InChI is InChI=1S/2C18H15S.C5H8O4/c2*1-4-10-16(11-5-1)19(17-12-6-2-7-13-17)18-14-8-3-9-15-18;1-5(2,3(6)7)4(8)9/h2*1-15H;1-2H3,(H,6,7)(H,8,9)/q2*+1;/p-2. The molecule has 0 atom stereocenters. The minimum Gasteiger partial charge on any atom is -0.549 e. The fourth-order valence-corrected chi connectivity index (χ4v) is 8.45. The molecule has 0 aliphatic carbocycles. The first-order valence-corrected chi connectivity index (χ1v) is 17.5. The third kappa shape index (κ3) is 9.97. The van der Waals surface area contributed by atoms with Crippen LogP contribution >= 0.6 is 0 Å². The van der Waals surface area contributed by atoms with Gasteiger partial charge in [-0.15, -0.1) is 0 Å². The molecule has 0 aliphatic heterocycles. The maximum Gasteiger partial charge on any atom is 0.166 e. The van der Waals surface area contributed by atoms with Gasteiger partial charge < -0.3 is 19.8 Å². The maximum atomic E-state index is 9.93. The Morgan fingerprint density at radius 3 is 0.617 bits per heavy atom. The summed E-state index contributed by atoms with van der Waals surface area (Å²) < 4.78 is 0. The normalized spacial score (nSPS) is 10.6. The molecule has 6 aromatic rings. The number of carboxylic acid groups (broad SMARTS) is 2. The molecule has 0 heterocycles. The van der Waals surface area contributed by atoms with Crippen LogP contribution in [0.2, 0.25) is 0 Å². The summed E-state index contributed by atoms with van der Waals surface area (Å²) in [5, 5.41) is 19.9. The van der Waals surface area contributed by atoms with Gasteiger partial charge in [0.1, 0.15) is 0 Å². The fourth-order valence-electron chi connectivity index (χ4n) is 4.24. The SMILES string of the molecule is CC(C)(C(=O)[O-])C(=O)[O-].c1ccc([S+](c2ccccc2)c2ccccc2)cc1.c1ccc([S+](c2ccccc2)c2ccccc2)cc1. The largest absolute Gasteiger partial charge is 0.549 e. The van der Waals surface area contributed by atoms with Crippen LogP contribution in [0.4, 0.5) is 0 Å². The molecule has 4 nitrogen and oxygen atoms in total. The number of carbonyl (C=O) groups is 2. The highest BCUT2D eigenvalue weighted by Crippen LogP contribution is 2.31. The summed E-state index contributed by atoms with van der Waals surface area (Å²) in [4.78, 5) is 28.0. The minimum atomic E-state index is -1.89. The molecule has 0 amide bonds. The molecule has 0 spiro atoms. The highest BCUT2D eigenvalue weighted by molar-refractivity contribution is 7.97. The lowest BCUT2D eigenvalue weighted by molar-refractivity contribution is -0.340. The number of aliphatic carboxylic acids is 2. The van der Waals surface area contributed by atoms with Crippen LogP contribution in [0.25, 0.3) is 0 Å². The molecule has 6 heteroatoms. The van der Waals surface area contributed by atoms with Gasteiger partial charge in [-0.1, -0.05) is 109 Å². The minimum absolute atomic E-state index is 0.0146. The van der Waals surface area contributed by atoms with E-state index in [1.54, 1.807) is 0 Å². The molecule has 0 radical (unpaired) electrons. The average molecular weight is 657 g/mol. The second-order valence-electron chi connectivity index (χ2n) is 10.7. The van der Waals surface area contributed by atoms with Gasteiger partial charge in [-0.3, -0.25) is 0 Å². The number of carboxylic acids is 2. The van der Waals surface area contributed by atoms with Gasteiger partial charge in [0.05, 0.1) is 33.7 Å². The van der Waals surface area contributed by atoms with Crippen LogP contribution < -0.4 is 10.2 Å². The van der Waals surface area contributed by atoms with Crippen molar-refractivity contribution in [3.05, 3.63) is 182 Å². The Balaban J connectivity index is 0.000000171. The molecule has 0 unspecified atom stereocenters. The van der Waals surface area contributed by atoms with Crippen molar-refractivity contribution in [1.29, 1.82) is 0 Å². The number of benzene rings is 6. The van der Waals surface area contributed by atoms with Crippen LogP contribution in [0.3, 0.4) is 0 Å². The smallest absolute Gasteiger partial charge is 0.166 e. The van der Waals surface area contributed by atoms with Gasteiger partial charge in [0.2, 0.25) is 0 Å². The highest BCUT2D eigenvalue weighted by Gasteiger charge is 2.28. The van der Waals surface area contributed by atoms with Gasteiger partial charge in [0, 0.05) is 5.41 Å². The molecular formula is C41H36O4S2. The Hall–Kier alpha value is -5.04. The Morgan fingerprint density at radius 1 is 0.362 bits per heavy atom. The van der Waals surface area contributed by atoms with E-state index in [4.69, 9.17) is 0 Å². The topological polar surface area (TPSA) is 80.3 Å². The Morgan fingerprint density at radius 2 is 0.511 bits per heavy atom. The first-order valence-electron chi connectivity index (χ1n) is 15.0. The third-order valence-electron chi connectivity index (χ3n) is 6.89. The summed E-state index contributed by atoms with van der Waals surface area (Å²) in [6.45, 7) is 2.02. The number of hydrogen-bond acceptors (Lipinski definition) is 4. The first-order chi connectivity index (χ1) is 22.8. The van der Waals surface area contributed by atoms with Crippen molar-refractivity contribution >= 4 is 33.7 Å². The van der Waals surface area contributed by atoms with E-state index >= 15 is 0 Å². The number of carbonyl (C=O) groups excluding carboxylic acids is 2. The van der Waals surface area contributed by atoms with E-state index in [1.165, 1.54) is 29.4 Å². The summed E-state index contributed by atoms with van der Waals surface area (Å²) in [5.41, 5.74) is -1.89. The van der Waals surface area contributed by atoms with Crippen molar-refractivity contribution in [1.82, 2.24) is 0 Å². The monoisotopic (exact) mass is 656 g/mol. The van der Waals surface area contributed by atoms with Crippen molar-refractivity contribution < 1.29 is 19.8 Å². The van der Waals surface area contributed by atoms with Crippen LogP contribution in [0.5, 0.6) is 0 Å². The van der Waals surface area contributed by atoms with Crippen molar-refractivity contribution in [3.8, 4) is 0 Å². The molecule has 0 aromatic heterocycles. The lowest BCUT2D eigenvalue weighted by Crippen LogP contribution is -2.50. The molecule has 0 fully saturated rings. The average Bonchev–Trinajstić information content (AvgIpc) is 3.12. The van der Waals surface area contributed by atoms with Gasteiger partial charge >= 0.3 is 0 Å². The quantitative estimate of drug-likeness (QED) is 0.130. The molecule has 0 saturated heterocycles. The van der Waals surface area contributed by atoms with Gasteiger partial charge in [0.15, 0.2) is 29.4 Å². The van der Waals surface area contributed by atoms with Crippen LogP contribution in [-0.4, -0.2) is 11.9 Å². The summed E-state index contributed by atoms with van der Waals surface area (Å²) >= 11 is 0. The Labute approximate surface area is 283 Å². The highest BCUT2D eigenvalue weighted by atomic mass is 32.2. The van der Waals surface area contributed by atoms with Crippen LogP contribution in [-0.2, 0) is 31.4 Å². The molecule has 6 rings (SSSR count). The first kappa shape index (κ1) is 34.8. The van der Waals surface area contributed by atoms with Crippen molar-refractivity contribution in [2.45, 2.75) is 43.2 Å². The van der Waals surface area contributed by atoms with Crippen LogP contribution in [0, 0.1) is 5.41 Å². The van der Waals surface area contributed by atoms with Crippen LogP contribution in [0.15, 0.2) is 211 Å². The fraction of sp³-hybridized carbons (Fsp3) is 0.0732. The molecule has 0 saturated carbocycles. The lowest BCUT2D eigenvalue weighted by atomic mass is 9.95. The summed E-state index contributed by atoms with van der Waals surface area (Å²) in [5.74, 6) is -3.27. The van der Waals surface area contributed by atoms with E-state index in [1.807, 2.05) is 0 Å². The molecule has 0 aliphatic rings. The zero-order valence-corrected chi connectivity index (χ0v) is 27.9. The zero-order chi connectivity index (χ0) is 33.5. The van der Waals surface area contributed by atoms with E-state index in [2.05, 4.69) is 182 Å². The predicted octanol–water partition coefficient (Wildman–Crippen LogP) is 7.08. The maximum absolute atomic E-state index is 9.93. The van der Waals surface area contributed by atoms with Crippen molar-refractivity contribution in [2.24, 2.45) is 5.41 Å². The van der Waals surface area contributed by atoms with Crippen LogP contribution in [0.1, 0.15) is 13.8 Å². The number of rotatable bonds is 8. The van der Waals surface area contributed by atoms with E-state index < -0.39 is 17.4 Å². The van der Waals surface area contributed by atoms with Gasteiger partial charge in [0.25, 0.3) is 0 Å². The van der Waals surface area contributed by atoms with Gasteiger partial charge in [-0.2, -0.15) is 0 Å². The predicted molar refractivity (Wildman–Crippen MR) is 187 cm³/mol. The van der Waals surface area contributed by atoms with Crippen molar-refractivity contribution in [2.75, 3.05) is 0 Å². The lowest BCUT2D eigenvalue weighted by Gasteiger charge is -2.26. The molecule has 0 N–H and O–H groups in total. The summed E-state index contributed by atoms with van der Waals surface area (Å²) in [6, 6.07) is 64.3. The number of hydrogen-bond donors (Lipinski definition) is 0. The second-order valence-corrected chi connectivity index (χ2v) is 14.7. The van der Waals surface area contributed by atoms with E-state index in [0.717, 1.165) is 13.8 Å². The Kier molecular flexibility index (Phi) is 13.0. The van der Waals surface area contributed by atoms with Gasteiger partial charge in [-0.05, 0) is 86.6 Å². The zero-order valence-electron chi connectivity index (χ0n) is 26.3. The summed E-state index contributed by atoms with van der Waals surface area (Å²) in [6.07, 6.45) is 0. The molecule has 6 aromatic carbocycles. The van der Waals surface area contributed by atoms with E-state index in [0.29, 0.717) is 0 Å². The van der Waals surface area contributed by atoms with Gasteiger partial charge in [-0.25, -0.2) is 0 Å². The molecular weight excluding hydrogens is 621 g/mol. The molecule has 236 valence electrons. The summed E-state index contributed by atoms with van der Waals surface area (Å²) in [7, 11) is -0.0293. The third-order valence-corrected chi connectivity index (χ3v) is 11.4. The van der Waals surface area contributed by atoms with Crippen molar-refractivity contribution in [3.63, 3.8) is 0 Å². The van der Waals surface area contributed by atoms with E-state index in [-0.39, 0.29) is 21.8 Å². The second kappa shape index (κ2) is 17.6. The molecule has 47 heavy (non-hydrogen) atoms. The Bertz CT molecular complexity index is 1460.